The summed E-state index contributed by atoms with van der Waals surface area (Å²) in [4.78, 5) is 29.8. The van der Waals surface area contributed by atoms with Crippen molar-refractivity contribution in [2.24, 2.45) is 11.8 Å². The van der Waals surface area contributed by atoms with E-state index < -0.39 is 6.04 Å². The molecule has 2 aromatic carbocycles. The molecule has 1 amide bonds. The highest BCUT2D eigenvalue weighted by molar-refractivity contribution is 7.99. The topological polar surface area (TPSA) is 46.6 Å². The van der Waals surface area contributed by atoms with Gasteiger partial charge in [-0.1, -0.05) is 55.5 Å². The summed E-state index contributed by atoms with van der Waals surface area (Å²) in [5, 5.41) is 0. The molecule has 3 aliphatic rings. The molecule has 4 atom stereocenters. The Bertz CT molecular complexity index is 928. The molecule has 30 heavy (non-hydrogen) atoms. The van der Waals surface area contributed by atoms with Gasteiger partial charge in [0, 0.05) is 17.4 Å². The lowest BCUT2D eigenvalue weighted by atomic mass is 9.71. The SMILES string of the molecule is COC1=C[C@@H]2C(=O)N(CCCSc3ccccc3)[C@H](C1=O)[C@H](c1ccccc1)[C@H]2C. The number of thioether (sulfide) groups is 1. The molecule has 5 heteroatoms. The first kappa shape index (κ1) is 20.7. The molecule has 0 N–H and O–H groups in total. The minimum atomic E-state index is -0.512. The van der Waals surface area contributed by atoms with Gasteiger partial charge in [-0.15, -0.1) is 11.8 Å². The molecule has 1 aliphatic carbocycles. The quantitative estimate of drug-likeness (QED) is 0.487. The van der Waals surface area contributed by atoms with E-state index in [0.29, 0.717) is 12.3 Å². The fourth-order valence-corrected chi connectivity index (χ4v) is 5.56. The van der Waals surface area contributed by atoms with Gasteiger partial charge >= 0.3 is 0 Å². The molecule has 2 aromatic rings. The number of nitrogens with zero attached hydrogens (tertiary/aromatic N) is 1. The Morgan fingerprint density at radius 1 is 1.00 bits per heavy atom. The fraction of sp³-hybridized carbons (Fsp3) is 0.360. The molecular weight excluding hydrogens is 394 g/mol. The Hall–Kier alpha value is -2.53. The van der Waals surface area contributed by atoms with Crippen LogP contribution in [-0.2, 0) is 14.3 Å². The molecule has 1 fully saturated rings. The molecule has 2 bridgehead atoms. The van der Waals surface area contributed by atoms with E-state index in [2.05, 4.69) is 31.2 Å². The van der Waals surface area contributed by atoms with E-state index in [4.69, 9.17) is 4.74 Å². The van der Waals surface area contributed by atoms with Crippen molar-refractivity contribution in [2.75, 3.05) is 19.4 Å². The van der Waals surface area contributed by atoms with Crippen molar-refractivity contribution in [3.05, 3.63) is 78.1 Å². The maximum Gasteiger partial charge on any atom is 0.230 e. The summed E-state index contributed by atoms with van der Waals surface area (Å²) in [5.41, 5.74) is 1.11. The van der Waals surface area contributed by atoms with Crippen molar-refractivity contribution >= 4 is 23.5 Å². The third-order valence-corrected chi connectivity index (χ3v) is 7.28. The van der Waals surface area contributed by atoms with Gasteiger partial charge in [0.2, 0.25) is 11.7 Å². The predicted octanol–water partition coefficient (Wildman–Crippen LogP) is 4.53. The number of Topliss-reactive ketones (excluding diaryl/α,β-unsaturated/α-hetero) is 1. The van der Waals surface area contributed by atoms with Crippen molar-refractivity contribution in [3.8, 4) is 0 Å². The number of fused-ring (bicyclic) bond motifs is 3. The minimum Gasteiger partial charge on any atom is -0.493 e. The second-order valence-corrected chi connectivity index (χ2v) is 9.08. The van der Waals surface area contributed by atoms with Gasteiger partial charge in [0.25, 0.3) is 0 Å². The number of methoxy groups -OCH3 is 1. The zero-order valence-electron chi connectivity index (χ0n) is 17.4. The smallest absolute Gasteiger partial charge is 0.230 e. The van der Waals surface area contributed by atoms with Crippen LogP contribution in [0.1, 0.15) is 24.8 Å². The van der Waals surface area contributed by atoms with Crippen LogP contribution in [0.25, 0.3) is 0 Å². The van der Waals surface area contributed by atoms with E-state index in [9.17, 15) is 9.59 Å². The summed E-state index contributed by atoms with van der Waals surface area (Å²) in [6.07, 6.45) is 2.59. The Morgan fingerprint density at radius 3 is 2.33 bits per heavy atom. The van der Waals surface area contributed by atoms with Crippen molar-refractivity contribution < 1.29 is 14.3 Å². The number of hydrogen-bond acceptors (Lipinski definition) is 4. The molecule has 0 radical (unpaired) electrons. The van der Waals surface area contributed by atoms with E-state index in [1.807, 2.05) is 41.3 Å². The predicted molar refractivity (Wildman–Crippen MR) is 119 cm³/mol. The molecule has 1 saturated heterocycles. The highest BCUT2D eigenvalue weighted by atomic mass is 32.2. The van der Waals surface area contributed by atoms with Gasteiger partial charge in [-0.25, -0.2) is 0 Å². The Labute approximate surface area is 182 Å². The maximum absolute atomic E-state index is 13.4. The summed E-state index contributed by atoms with van der Waals surface area (Å²) in [7, 11) is 1.52. The standard InChI is InChI=1S/C25H27NO3S/c1-17-20-16-21(29-2)24(27)23(22(17)18-10-5-3-6-11-18)26(25(20)28)14-9-15-30-19-12-7-4-8-13-19/h3-8,10-13,16-17,20,22-23H,9,14-15H2,1-2H3/t17-,20-,22-,23-/m0/s1. The van der Waals surface area contributed by atoms with Crippen molar-refractivity contribution in [3.63, 3.8) is 0 Å². The summed E-state index contributed by atoms with van der Waals surface area (Å²) >= 11 is 1.78. The number of hydrogen-bond donors (Lipinski definition) is 0. The van der Waals surface area contributed by atoms with Gasteiger partial charge < -0.3 is 9.64 Å². The number of ether oxygens (including phenoxy) is 1. The van der Waals surface area contributed by atoms with Crippen LogP contribution in [0.4, 0.5) is 0 Å². The molecule has 0 unspecified atom stereocenters. The summed E-state index contributed by atoms with van der Waals surface area (Å²) < 4.78 is 5.41. The fourth-order valence-electron chi connectivity index (χ4n) is 4.70. The number of piperidine rings is 1. The van der Waals surface area contributed by atoms with Crippen LogP contribution < -0.4 is 0 Å². The second kappa shape index (κ2) is 9.09. The highest BCUT2D eigenvalue weighted by Gasteiger charge is 2.52. The van der Waals surface area contributed by atoms with Crippen LogP contribution in [0.3, 0.4) is 0 Å². The van der Waals surface area contributed by atoms with Crippen LogP contribution >= 0.6 is 11.8 Å². The largest absolute Gasteiger partial charge is 0.493 e. The Morgan fingerprint density at radius 2 is 1.67 bits per heavy atom. The second-order valence-electron chi connectivity index (χ2n) is 7.91. The molecule has 2 aliphatic heterocycles. The van der Waals surface area contributed by atoms with Crippen molar-refractivity contribution in [1.82, 2.24) is 4.90 Å². The summed E-state index contributed by atoms with van der Waals surface area (Å²) in [5.74, 6) is 0.852. The Kier molecular flexibility index (Phi) is 6.28. The highest BCUT2D eigenvalue weighted by Crippen LogP contribution is 2.45. The van der Waals surface area contributed by atoms with Crippen LogP contribution in [0, 0.1) is 11.8 Å². The van der Waals surface area contributed by atoms with Crippen molar-refractivity contribution in [1.29, 1.82) is 0 Å². The molecular formula is C25H27NO3S. The van der Waals surface area contributed by atoms with Gasteiger partial charge in [-0.3, -0.25) is 9.59 Å². The number of benzene rings is 2. The molecule has 2 heterocycles. The van der Waals surface area contributed by atoms with Crippen LogP contribution in [-0.4, -0.2) is 42.0 Å². The van der Waals surface area contributed by atoms with E-state index in [1.165, 1.54) is 12.0 Å². The number of amides is 1. The number of carbonyl (C=O) groups excluding carboxylic acids is 2. The normalized spacial score (nSPS) is 25.8. The van der Waals surface area contributed by atoms with Gasteiger partial charge in [0.1, 0.15) is 6.04 Å². The minimum absolute atomic E-state index is 0.0351. The molecule has 0 spiro atoms. The van der Waals surface area contributed by atoms with E-state index in [1.54, 1.807) is 17.8 Å². The maximum atomic E-state index is 13.4. The van der Waals surface area contributed by atoms with Crippen molar-refractivity contribution in [2.45, 2.75) is 30.2 Å². The first-order valence-electron chi connectivity index (χ1n) is 10.4. The molecule has 156 valence electrons. The number of carbonyl (C=O) groups is 2. The first-order chi connectivity index (χ1) is 14.6. The molecule has 5 rings (SSSR count). The van der Waals surface area contributed by atoms with Crippen LogP contribution in [0.15, 0.2) is 77.4 Å². The first-order valence-corrected chi connectivity index (χ1v) is 11.4. The Balaban J connectivity index is 1.57. The van der Waals surface area contributed by atoms with Crippen LogP contribution in [0.2, 0.25) is 0 Å². The zero-order valence-corrected chi connectivity index (χ0v) is 18.2. The number of ketones is 1. The molecule has 4 nitrogen and oxygen atoms in total. The van der Waals surface area contributed by atoms with Crippen LogP contribution in [0.5, 0.6) is 0 Å². The van der Waals surface area contributed by atoms with E-state index >= 15 is 0 Å². The van der Waals surface area contributed by atoms with E-state index in [0.717, 1.165) is 17.7 Å². The summed E-state index contributed by atoms with van der Waals surface area (Å²) in [6.45, 7) is 2.66. The van der Waals surface area contributed by atoms with E-state index in [-0.39, 0.29) is 29.4 Å². The van der Waals surface area contributed by atoms with Gasteiger partial charge in [-0.2, -0.15) is 0 Å². The van der Waals surface area contributed by atoms with Gasteiger partial charge in [0.15, 0.2) is 5.76 Å². The monoisotopic (exact) mass is 421 g/mol. The zero-order chi connectivity index (χ0) is 21.1. The van der Waals surface area contributed by atoms with Gasteiger partial charge in [0.05, 0.1) is 13.0 Å². The third kappa shape index (κ3) is 3.91. The average molecular weight is 422 g/mol. The lowest BCUT2D eigenvalue weighted by molar-refractivity contribution is -0.147. The number of rotatable bonds is 7. The average Bonchev–Trinajstić information content (AvgIpc) is 2.95. The lowest BCUT2D eigenvalue weighted by Gasteiger charge is -2.45. The molecule has 0 saturated carbocycles. The lowest BCUT2D eigenvalue weighted by Crippen LogP contribution is -2.56. The third-order valence-electron chi connectivity index (χ3n) is 6.18. The van der Waals surface area contributed by atoms with Gasteiger partial charge in [-0.05, 0) is 41.9 Å². The molecule has 0 aromatic heterocycles. The summed E-state index contributed by atoms with van der Waals surface area (Å²) in [6, 6.07) is 19.8.